The lowest BCUT2D eigenvalue weighted by Crippen LogP contribution is -2.20. The number of amides is 1. The molecule has 8 nitrogen and oxygen atoms in total. The number of nitrogens with one attached hydrogen (secondary N) is 3. The molecule has 308 valence electrons. The van der Waals surface area contributed by atoms with Gasteiger partial charge in [-0.15, -0.1) is 0 Å². The molecule has 2 aromatic rings. The summed E-state index contributed by atoms with van der Waals surface area (Å²) in [6, 6.07) is 8.41. The van der Waals surface area contributed by atoms with Crippen LogP contribution in [0.2, 0.25) is 0 Å². The SMILES string of the molecule is CCCCCCCCC(CCCCCC)OCNc1cc(NCOC(CCCCCC)CCCCCCCC)cc(C(=O)Nc2cc(O)c(C)cc2O)c1. The number of carbonyl (C=O) groups is 1. The summed E-state index contributed by atoms with van der Waals surface area (Å²) in [5.74, 6) is -0.486. The first-order valence-electron chi connectivity index (χ1n) is 22.0. The van der Waals surface area contributed by atoms with E-state index in [0.29, 0.717) is 24.6 Å². The summed E-state index contributed by atoms with van der Waals surface area (Å²) in [6.45, 7) is 11.4. The number of hydrogen-bond donors (Lipinski definition) is 5. The van der Waals surface area contributed by atoms with Crippen molar-refractivity contribution in [1.82, 2.24) is 0 Å². The minimum Gasteiger partial charge on any atom is -0.508 e. The number of anilines is 3. The van der Waals surface area contributed by atoms with Crippen LogP contribution < -0.4 is 16.0 Å². The van der Waals surface area contributed by atoms with Crippen LogP contribution in [0.4, 0.5) is 17.1 Å². The van der Waals surface area contributed by atoms with Gasteiger partial charge in [0.25, 0.3) is 5.91 Å². The maximum atomic E-state index is 13.6. The van der Waals surface area contributed by atoms with Crippen molar-refractivity contribution in [2.45, 2.75) is 201 Å². The zero-order valence-corrected chi connectivity index (χ0v) is 35.0. The Hall–Kier alpha value is -2.97. The monoisotopic (exact) mass is 754 g/mol. The second kappa shape index (κ2) is 30.3. The van der Waals surface area contributed by atoms with Crippen LogP contribution in [0.15, 0.2) is 30.3 Å². The maximum absolute atomic E-state index is 13.6. The molecular formula is C46H79N3O5. The van der Waals surface area contributed by atoms with Crippen LogP contribution >= 0.6 is 0 Å². The number of hydrogen-bond acceptors (Lipinski definition) is 7. The molecule has 0 saturated carbocycles. The summed E-state index contributed by atoms with van der Waals surface area (Å²) < 4.78 is 12.9. The van der Waals surface area contributed by atoms with E-state index in [9.17, 15) is 15.0 Å². The van der Waals surface area contributed by atoms with Crippen molar-refractivity contribution < 1.29 is 24.5 Å². The Morgan fingerprint density at radius 2 is 0.926 bits per heavy atom. The second-order valence-electron chi connectivity index (χ2n) is 15.4. The topological polar surface area (TPSA) is 112 Å². The minimum absolute atomic E-state index is 0.00517. The third-order valence-electron chi connectivity index (χ3n) is 10.5. The van der Waals surface area contributed by atoms with E-state index in [1.165, 1.54) is 141 Å². The van der Waals surface area contributed by atoms with E-state index >= 15 is 0 Å². The highest BCUT2D eigenvalue weighted by Gasteiger charge is 2.15. The van der Waals surface area contributed by atoms with Crippen molar-refractivity contribution in [2.24, 2.45) is 0 Å². The predicted molar refractivity (Wildman–Crippen MR) is 229 cm³/mol. The Morgan fingerprint density at radius 1 is 0.537 bits per heavy atom. The number of carbonyl (C=O) groups excluding carboxylic acids is 1. The highest BCUT2D eigenvalue weighted by atomic mass is 16.5. The Morgan fingerprint density at radius 3 is 1.35 bits per heavy atom. The molecule has 2 rings (SSSR count). The summed E-state index contributed by atoms with van der Waals surface area (Å²) in [5.41, 5.74) is 2.61. The van der Waals surface area contributed by atoms with Crippen molar-refractivity contribution >= 4 is 23.0 Å². The number of ether oxygens (including phenoxy) is 2. The lowest BCUT2D eigenvalue weighted by atomic mass is 10.0. The van der Waals surface area contributed by atoms with Gasteiger partial charge in [0.15, 0.2) is 0 Å². The van der Waals surface area contributed by atoms with Crippen LogP contribution in [-0.4, -0.2) is 41.8 Å². The fourth-order valence-electron chi connectivity index (χ4n) is 6.95. The molecule has 2 unspecified atom stereocenters. The molecule has 0 heterocycles. The Labute approximate surface area is 330 Å². The molecule has 1 amide bonds. The van der Waals surface area contributed by atoms with Crippen LogP contribution in [0.1, 0.15) is 198 Å². The van der Waals surface area contributed by atoms with Crippen LogP contribution in [0.3, 0.4) is 0 Å². The highest BCUT2D eigenvalue weighted by Crippen LogP contribution is 2.32. The van der Waals surface area contributed by atoms with E-state index in [1.807, 2.05) is 6.07 Å². The standard InChI is InChI=1S/C46H79N3O5/c1-6-10-14-18-20-24-28-41(26-22-16-12-8-3)53-35-47-39-31-38(46(52)49-43-34-44(50)37(5)30-45(43)51)32-40(33-39)48-36-54-42(27-23-17-13-9-4)29-25-21-19-15-11-7-2/h30-34,41-42,47-48,50-51H,6-29,35-36H2,1-5H3,(H,49,52). The summed E-state index contributed by atoms with van der Waals surface area (Å²) >= 11 is 0. The predicted octanol–water partition coefficient (Wildman–Crippen LogP) is 13.6. The summed E-state index contributed by atoms with van der Waals surface area (Å²) in [7, 11) is 0. The molecule has 0 aliphatic rings. The zero-order chi connectivity index (χ0) is 39.2. The largest absolute Gasteiger partial charge is 0.508 e. The van der Waals surface area contributed by atoms with E-state index in [2.05, 4.69) is 43.6 Å². The lowest BCUT2D eigenvalue weighted by molar-refractivity contribution is 0.0502. The van der Waals surface area contributed by atoms with Gasteiger partial charge in [-0.25, -0.2) is 0 Å². The minimum atomic E-state index is -0.393. The lowest BCUT2D eigenvalue weighted by Gasteiger charge is -2.21. The van der Waals surface area contributed by atoms with Crippen molar-refractivity contribution in [3.63, 3.8) is 0 Å². The van der Waals surface area contributed by atoms with Gasteiger partial charge in [0, 0.05) is 23.0 Å². The molecule has 54 heavy (non-hydrogen) atoms. The second-order valence-corrected chi connectivity index (χ2v) is 15.4. The van der Waals surface area contributed by atoms with Gasteiger partial charge in [-0.2, -0.15) is 0 Å². The Balaban J connectivity index is 2.15. The number of phenols is 2. The van der Waals surface area contributed by atoms with Crippen molar-refractivity contribution in [1.29, 1.82) is 0 Å². The maximum Gasteiger partial charge on any atom is 0.255 e. The van der Waals surface area contributed by atoms with E-state index in [1.54, 1.807) is 19.1 Å². The number of unbranched alkanes of at least 4 members (excludes halogenated alkanes) is 16. The quantitative estimate of drug-likeness (QED) is 0.0209. The molecule has 0 radical (unpaired) electrons. The van der Waals surface area contributed by atoms with Crippen LogP contribution in [0.5, 0.6) is 11.5 Å². The summed E-state index contributed by atoms with van der Waals surface area (Å²) in [4.78, 5) is 13.6. The van der Waals surface area contributed by atoms with Gasteiger partial charge >= 0.3 is 0 Å². The van der Waals surface area contributed by atoms with Gasteiger partial charge < -0.3 is 35.6 Å². The molecule has 0 aromatic heterocycles. The third kappa shape index (κ3) is 21.2. The molecule has 2 aromatic carbocycles. The fraction of sp³-hybridized carbons (Fsp3) is 0.717. The molecule has 0 spiro atoms. The van der Waals surface area contributed by atoms with Crippen LogP contribution in [0, 0.1) is 6.92 Å². The smallest absolute Gasteiger partial charge is 0.255 e. The average molecular weight is 754 g/mol. The van der Waals surface area contributed by atoms with Crippen molar-refractivity contribution in [3.8, 4) is 11.5 Å². The molecule has 0 aliphatic heterocycles. The van der Waals surface area contributed by atoms with Gasteiger partial charge in [0.05, 0.1) is 17.9 Å². The van der Waals surface area contributed by atoms with E-state index in [-0.39, 0.29) is 29.4 Å². The third-order valence-corrected chi connectivity index (χ3v) is 10.5. The Kier molecular flexibility index (Phi) is 26.5. The van der Waals surface area contributed by atoms with Crippen LogP contribution in [-0.2, 0) is 9.47 Å². The highest BCUT2D eigenvalue weighted by molar-refractivity contribution is 6.06. The van der Waals surface area contributed by atoms with Gasteiger partial charge in [-0.3, -0.25) is 4.79 Å². The number of aromatic hydroxyl groups is 2. The van der Waals surface area contributed by atoms with Gasteiger partial charge in [0.2, 0.25) is 0 Å². The molecule has 0 bridgehead atoms. The van der Waals surface area contributed by atoms with Gasteiger partial charge in [0.1, 0.15) is 25.0 Å². The normalized spacial score (nSPS) is 12.5. The zero-order valence-electron chi connectivity index (χ0n) is 35.0. The number of rotatable bonds is 34. The average Bonchev–Trinajstić information content (AvgIpc) is 3.16. The molecule has 0 fully saturated rings. The number of phenolic OH excluding ortho intramolecular Hbond substituents is 2. The molecule has 5 N–H and O–H groups in total. The van der Waals surface area contributed by atoms with Crippen molar-refractivity contribution in [3.05, 3.63) is 41.5 Å². The molecule has 0 aliphatic carbocycles. The fourth-order valence-corrected chi connectivity index (χ4v) is 6.95. The Bertz CT molecular complexity index is 1200. The molecule has 2 atom stereocenters. The molecular weight excluding hydrogens is 675 g/mol. The number of aryl methyl sites for hydroxylation is 1. The van der Waals surface area contributed by atoms with E-state index in [0.717, 1.165) is 37.1 Å². The van der Waals surface area contributed by atoms with Gasteiger partial charge in [-0.1, -0.05) is 156 Å². The summed E-state index contributed by atoms with van der Waals surface area (Å²) in [6.07, 6.45) is 29.7. The first-order valence-corrected chi connectivity index (χ1v) is 22.0. The van der Waals surface area contributed by atoms with E-state index < -0.39 is 5.91 Å². The van der Waals surface area contributed by atoms with E-state index in [4.69, 9.17) is 9.47 Å². The summed E-state index contributed by atoms with van der Waals surface area (Å²) in [5, 5.41) is 30.4. The molecule has 8 heteroatoms. The van der Waals surface area contributed by atoms with Crippen molar-refractivity contribution in [2.75, 3.05) is 29.4 Å². The first-order chi connectivity index (χ1) is 26.3. The van der Waals surface area contributed by atoms with Crippen LogP contribution in [0.25, 0.3) is 0 Å². The first kappa shape index (κ1) is 47.2. The number of benzene rings is 2. The van der Waals surface area contributed by atoms with Gasteiger partial charge in [-0.05, 0) is 62.4 Å². The molecule has 0 saturated heterocycles.